The van der Waals surface area contributed by atoms with Gasteiger partial charge in [-0.3, -0.25) is 0 Å². The average molecular weight is 423 g/mol. The number of nitrogens with zero attached hydrogens (tertiary/aromatic N) is 2. The Balaban J connectivity index is 1.73. The summed E-state index contributed by atoms with van der Waals surface area (Å²) in [4.78, 5) is 2.65. The fourth-order valence-corrected chi connectivity index (χ4v) is 5.19. The number of hydrogen-bond donors (Lipinski definition) is 0. The first-order valence-electron chi connectivity index (χ1n) is 11.6. The van der Waals surface area contributed by atoms with Crippen LogP contribution in [0.3, 0.4) is 0 Å². The van der Waals surface area contributed by atoms with Gasteiger partial charge in [0.2, 0.25) is 0 Å². The maximum atomic E-state index is 10.3. The van der Waals surface area contributed by atoms with E-state index in [1.165, 1.54) is 5.56 Å². The van der Waals surface area contributed by atoms with Crippen LogP contribution in [0.15, 0.2) is 54.6 Å². The molecule has 160 valence electrons. The molecule has 2 aromatic carbocycles. The summed E-state index contributed by atoms with van der Waals surface area (Å²) in [5.74, 6) is 0.448. The molecule has 0 spiro atoms. The van der Waals surface area contributed by atoms with Crippen molar-refractivity contribution in [3.63, 3.8) is 0 Å². The Hall–Kier alpha value is -1.82. The van der Waals surface area contributed by atoms with E-state index in [4.69, 9.17) is 11.6 Å². The van der Waals surface area contributed by atoms with Gasteiger partial charge in [-0.05, 0) is 74.6 Å². The van der Waals surface area contributed by atoms with Gasteiger partial charge in [-0.1, -0.05) is 74.0 Å². The number of hydrogen-bond acceptors (Lipinski definition) is 2. The predicted molar refractivity (Wildman–Crippen MR) is 127 cm³/mol. The molecule has 0 N–H and O–H groups in total. The molecule has 2 aromatic rings. The molecule has 0 radical (unpaired) electrons. The summed E-state index contributed by atoms with van der Waals surface area (Å²) in [6.07, 6.45) is 7.56. The van der Waals surface area contributed by atoms with Gasteiger partial charge in [0, 0.05) is 17.6 Å². The summed E-state index contributed by atoms with van der Waals surface area (Å²) in [5, 5.41) is 11.1. The molecule has 1 aliphatic carbocycles. The maximum Gasteiger partial charge on any atom is 0.0865 e. The van der Waals surface area contributed by atoms with E-state index < -0.39 is 5.41 Å². The molecule has 3 heteroatoms. The normalized spacial score (nSPS) is 16.8. The maximum absolute atomic E-state index is 10.3. The standard InChI is InChI=1S/C27H35ClN2/c1-3-19-30(20-17-22-10-6-5-7-11-22)24(4-2)16-18-27(21-29,23-14-15-23)25-12-8-9-13-26(25)28/h5-13,23-24H,3-4,14-20H2,1-2H3. The number of nitriles is 1. The molecule has 0 heterocycles. The van der Waals surface area contributed by atoms with Crippen LogP contribution in [0.2, 0.25) is 5.02 Å². The van der Waals surface area contributed by atoms with Crippen LogP contribution >= 0.6 is 11.6 Å². The van der Waals surface area contributed by atoms with Crippen molar-refractivity contribution in [3.8, 4) is 6.07 Å². The monoisotopic (exact) mass is 422 g/mol. The Morgan fingerprint density at radius 3 is 2.37 bits per heavy atom. The Morgan fingerprint density at radius 1 is 1.07 bits per heavy atom. The number of benzene rings is 2. The zero-order chi connectivity index (χ0) is 21.4. The molecule has 1 fully saturated rings. The van der Waals surface area contributed by atoms with Crippen molar-refractivity contribution < 1.29 is 0 Å². The molecular weight excluding hydrogens is 388 g/mol. The lowest BCUT2D eigenvalue weighted by atomic mass is 9.73. The second-order valence-electron chi connectivity index (χ2n) is 8.71. The van der Waals surface area contributed by atoms with Crippen LogP contribution in [0.1, 0.15) is 63.5 Å². The quantitative estimate of drug-likeness (QED) is 0.367. The van der Waals surface area contributed by atoms with Crippen LogP contribution in [0.25, 0.3) is 0 Å². The first-order chi connectivity index (χ1) is 14.6. The van der Waals surface area contributed by atoms with Crippen molar-refractivity contribution in [3.05, 3.63) is 70.7 Å². The van der Waals surface area contributed by atoms with Crippen molar-refractivity contribution >= 4 is 11.6 Å². The van der Waals surface area contributed by atoms with Crippen molar-refractivity contribution in [2.45, 2.75) is 70.3 Å². The van der Waals surface area contributed by atoms with Gasteiger partial charge in [0.1, 0.15) is 0 Å². The Kier molecular flexibility index (Phi) is 8.37. The first-order valence-corrected chi connectivity index (χ1v) is 12.0. The van der Waals surface area contributed by atoms with E-state index in [0.717, 1.165) is 68.6 Å². The fourth-order valence-electron chi connectivity index (χ4n) is 4.89. The number of halogens is 1. The fraction of sp³-hybridized carbons (Fsp3) is 0.519. The SMILES string of the molecule is CCCN(CCc1ccccc1)C(CC)CCC(C#N)(c1ccccc1Cl)C1CC1. The Morgan fingerprint density at radius 2 is 1.77 bits per heavy atom. The van der Waals surface area contributed by atoms with Crippen LogP contribution in [-0.4, -0.2) is 24.0 Å². The van der Waals surface area contributed by atoms with Crippen molar-refractivity contribution in [1.29, 1.82) is 5.26 Å². The van der Waals surface area contributed by atoms with Gasteiger partial charge in [0.25, 0.3) is 0 Å². The Bertz CT molecular complexity index is 824. The molecule has 0 saturated heterocycles. The topological polar surface area (TPSA) is 27.0 Å². The van der Waals surface area contributed by atoms with Crippen LogP contribution in [0.5, 0.6) is 0 Å². The lowest BCUT2D eigenvalue weighted by molar-refractivity contribution is 0.172. The van der Waals surface area contributed by atoms with Crippen molar-refractivity contribution in [2.75, 3.05) is 13.1 Å². The average Bonchev–Trinajstić information content (AvgIpc) is 3.62. The third-order valence-electron chi connectivity index (χ3n) is 6.73. The molecule has 30 heavy (non-hydrogen) atoms. The molecule has 2 atom stereocenters. The second kappa shape index (κ2) is 11.0. The van der Waals surface area contributed by atoms with Gasteiger partial charge in [0.05, 0.1) is 11.5 Å². The summed E-state index contributed by atoms with van der Waals surface area (Å²) < 4.78 is 0. The highest BCUT2D eigenvalue weighted by atomic mass is 35.5. The molecule has 1 aliphatic rings. The highest BCUT2D eigenvalue weighted by Gasteiger charge is 2.47. The molecule has 2 unspecified atom stereocenters. The highest BCUT2D eigenvalue weighted by molar-refractivity contribution is 6.31. The van der Waals surface area contributed by atoms with Gasteiger partial charge >= 0.3 is 0 Å². The van der Waals surface area contributed by atoms with Gasteiger partial charge < -0.3 is 4.90 Å². The molecule has 0 aromatic heterocycles. The summed E-state index contributed by atoms with van der Waals surface area (Å²) >= 11 is 6.58. The largest absolute Gasteiger partial charge is 0.300 e. The lowest BCUT2D eigenvalue weighted by Crippen LogP contribution is -2.39. The summed E-state index contributed by atoms with van der Waals surface area (Å²) in [6.45, 7) is 6.73. The molecule has 1 saturated carbocycles. The number of rotatable bonds is 12. The van der Waals surface area contributed by atoms with E-state index in [9.17, 15) is 5.26 Å². The van der Waals surface area contributed by atoms with Crippen LogP contribution < -0.4 is 0 Å². The Labute approximate surface area is 187 Å². The van der Waals surface area contributed by atoms with E-state index in [1.807, 2.05) is 18.2 Å². The smallest absolute Gasteiger partial charge is 0.0865 e. The van der Waals surface area contributed by atoms with E-state index in [1.54, 1.807) is 0 Å². The predicted octanol–water partition coefficient (Wildman–Crippen LogP) is 7.02. The van der Waals surface area contributed by atoms with E-state index >= 15 is 0 Å². The van der Waals surface area contributed by atoms with E-state index in [0.29, 0.717) is 12.0 Å². The molecule has 0 bridgehead atoms. The minimum atomic E-state index is -0.441. The molecule has 0 amide bonds. The summed E-state index contributed by atoms with van der Waals surface area (Å²) in [7, 11) is 0. The minimum absolute atomic E-state index is 0.441. The molecule has 2 nitrogen and oxygen atoms in total. The third kappa shape index (κ3) is 5.45. The van der Waals surface area contributed by atoms with Gasteiger partial charge in [-0.25, -0.2) is 0 Å². The summed E-state index contributed by atoms with van der Waals surface area (Å²) in [6, 6.07) is 22.0. The van der Waals surface area contributed by atoms with Crippen LogP contribution in [0.4, 0.5) is 0 Å². The zero-order valence-corrected chi connectivity index (χ0v) is 19.2. The van der Waals surface area contributed by atoms with Gasteiger partial charge in [0.15, 0.2) is 0 Å². The lowest BCUT2D eigenvalue weighted by Gasteiger charge is -2.35. The molecular formula is C27H35ClN2. The minimum Gasteiger partial charge on any atom is -0.300 e. The second-order valence-corrected chi connectivity index (χ2v) is 9.12. The van der Waals surface area contributed by atoms with Gasteiger partial charge in [-0.15, -0.1) is 0 Å². The third-order valence-corrected chi connectivity index (χ3v) is 7.06. The molecule has 0 aliphatic heterocycles. The molecule has 3 rings (SSSR count). The van der Waals surface area contributed by atoms with E-state index in [2.05, 4.69) is 61.2 Å². The highest BCUT2D eigenvalue weighted by Crippen LogP contribution is 2.51. The van der Waals surface area contributed by atoms with E-state index in [-0.39, 0.29) is 0 Å². The van der Waals surface area contributed by atoms with Crippen LogP contribution in [-0.2, 0) is 11.8 Å². The van der Waals surface area contributed by atoms with Gasteiger partial charge in [-0.2, -0.15) is 5.26 Å². The van der Waals surface area contributed by atoms with Crippen molar-refractivity contribution in [1.82, 2.24) is 4.90 Å². The first kappa shape index (κ1) is 22.9. The zero-order valence-electron chi connectivity index (χ0n) is 18.5. The van der Waals surface area contributed by atoms with Crippen molar-refractivity contribution in [2.24, 2.45) is 5.92 Å². The summed E-state index contributed by atoms with van der Waals surface area (Å²) in [5.41, 5.74) is 2.00. The van der Waals surface area contributed by atoms with Crippen LogP contribution in [0, 0.1) is 17.2 Å².